The second-order valence-corrected chi connectivity index (χ2v) is 11.6. The van der Waals surface area contributed by atoms with Gasteiger partial charge in [-0.25, -0.2) is 9.78 Å². The molecule has 4 N–H and O–H groups in total. The van der Waals surface area contributed by atoms with Gasteiger partial charge in [0.05, 0.1) is 0 Å². The van der Waals surface area contributed by atoms with E-state index in [1.807, 2.05) is 44.2 Å². The summed E-state index contributed by atoms with van der Waals surface area (Å²) in [5, 5.41) is 11.4. The summed E-state index contributed by atoms with van der Waals surface area (Å²) in [6.07, 6.45) is 2.87. The Balaban J connectivity index is 1.53. The lowest BCUT2D eigenvalue weighted by Gasteiger charge is -2.27. The molecule has 13 nitrogen and oxygen atoms in total. The molecule has 1 aliphatic heterocycles. The first-order valence-corrected chi connectivity index (χ1v) is 15.2. The Morgan fingerprint density at radius 2 is 1.80 bits per heavy atom. The number of aryl methyl sites for hydroxylation is 2. The van der Waals surface area contributed by atoms with Gasteiger partial charge in [0.25, 0.3) is 5.91 Å². The van der Waals surface area contributed by atoms with Crippen LogP contribution in [0.3, 0.4) is 0 Å². The molecule has 1 aromatic carbocycles. The third-order valence-corrected chi connectivity index (χ3v) is 7.66. The number of carbonyl (C=O) groups excluding carboxylic acids is 4. The minimum absolute atomic E-state index is 0.0438. The highest BCUT2D eigenvalue weighted by Crippen LogP contribution is 2.20. The number of nitrogens with zero attached hydrogens (tertiary/aromatic N) is 3. The van der Waals surface area contributed by atoms with E-state index in [2.05, 4.69) is 31.2 Å². The van der Waals surface area contributed by atoms with Crippen LogP contribution < -0.4 is 27.0 Å². The van der Waals surface area contributed by atoms with Crippen molar-refractivity contribution in [2.24, 2.45) is 5.92 Å². The quantitative estimate of drug-likeness (QED) is 0.310. The van der Waals surface area contributed by atoms with Crippen LogP contribution in [0.15, 0.2) is 51.9 Å². The van der Waals surface area contributed by atoms with Gasteiger partial charge in [0.1, 0.15) is 24.4 Å². The molecular weight excluding hydrogens is 578 g/mol. The first kappa shape index (κ1) is 33.1. The molecule has 3 aromatic rings. The largest absolute Gasteiger partial charge is 0.446 e. The normalized spacial score (nSPS) is 19.8. The van der Waals surface area contributed by atoms with E-state index in [9.17, 15) is 24.0 Å². The highest BCUT2D eigenvalue weighted by Gasteiger charge is 2.32. The fraction of sp³-hybridized carbons (Fsp3) is 0.469. The average Bonchev–Trinajstić information content (AvgIpc) is 3.48. The number of carbonyl (C=O) groups is 4. The standard InChI is InChI=1S/C32H41N7O6/c1-19(2)27-30(43)36-24(17-22-10-6-5-7-11-22)31-37-25(18-45-31)28(41)33-14-9-8-12-23(29(42)38-27)35-26(40)13-15-39-21(4)16-20(3)34-32(39)44/h5-7,10-11,16,18-19,23-24,27H,8-9,12-15,17H2,1-4H3,(H,33,41)(H,35,40)(H,36,43)(H,38,42)/t23-,24+,27-/m0/s1. The molecule has 45 heavy (non-hydrogen) atoms. The van der Waals surface area contributed by atoms with Gasteiger partial charge in [-0.05, 0) is 50.7 Å². The van der Waals surface area contributed by atoms with Crippen molar-refractivity contribution in [1.29, 1.82) is 0 Å². The van der Waals surface area contributed by atoms with Crippen molar-refractivity contribution in [2.45, 2.75) is 84.5 Å². The first-order chi connectivity index (χ1) is 21.5. The van der Waals surface area contributed by atoms with Gasteiger partial charge in [-0.2, -0.15) is 4.98 Å². The average molecular weight is 620 g/mol. The second kappa shape index (κ2) is 15.3. The van der Waals surface area contributed by atoms with Gasteiger partial charge in [-0.3, -0.25) is 23.7 Å². The molecule has 3 atom stereocenters. The fourth-order valence-corrected chi connectivity index (χ4v) is 5.21. The van der Waals surface area contributed by atoms with E-state index in [0.29, 0.717) is 37.2 Å². The second-order valence-electron chi connectivity index (χ2n) is 11.6. The number of rotatable bonds is 7. The SMILES string of the molecule is Cc1cc(C)n(CCC(=O)N[C@H]2CCCCNC(=O)c3coc(n3)[C@@H](Cc3ccccc3)NC(=O)[C@H](C(C)C)NC2=O)c(=O)n1. The molecule has 4 amide bonds. The molecule has 0 saturated heterocycles. The molecule has 4 rings (SSSR count). The van der Waals surface area contributed by atoms with Crippen LogP contribution in [0.5, 0.6) is 0 Å². The van der Waals surface area contributed by atoms with Crippen molar-refractivity contribution >= 4 is 23.6 Å². The zero-order valence-corrected chi connectivity index (χ0v) is 26.1. The zero-order chi connectivity index (χ0) is 32.5. The van der Waals surface area contributed by atoms with Gasteiger partial charge in [0.15, 0.2) is 5.69 Å². The van der Waals surface area contributed by atoms with Crippen molar-refractivity contribution in [2.75, 3.05) is 6.54 Å². The molecule has 0 unspecified atom stereocenters. The summed E-state index contributed by atoms with van der Waals surface area (Å²) in [6, 6.07) is 8.63. The molecule has 240 valence electrons. The summed E-state index contributed by atoms with van der Waals surface area (Å²) >= 11 is 0. The Hall–Kier alpha value is -4.81. The van der Waals surface area contributed by atoms with E-state index >= 15 is 0 Å². The minimum Gasteiger partial charge on any atom is -0.446 e. The lowest BCUT2D eigenvalue weighted by molar-refractivity contribution is -0.133. The van der Waals surface area contributed by atoms with Crippen molar-refractivity contribution in [3.05, 3.63) is 81.7 Å². The molecule has 2 bridgehead atoms. The maximum Gasteiger partial charge on any atom is 0.347 e. The Bertz CT molecular complexity index is 1570. The van der Waals surface area contributed by atoms with Gasteiger partial charge in [-0.1, -0.05) is 44.2 Å². The lowest BCUT2D eigenvalue weighted by Crippen LogP contribution is -2.56. The van der Waals surface area contributed by atoms with Crippen LogP contribution in [0.2, 0.25) is 0 Å². The lowest BCUT2D eigenvalue weighted by atomic mass is 10.00. The summed E-state index contributed by atoms with van der Waals surface area (Å²) in [6.45, 7) is 7.54. The molecule has 0 radical (unpaired) electrons. The molecule has 0 saturated carbocycles. The number of hydrogen-bond donors (Lipinski definition) is 4. The summed E-state index contributed by atoms with van der Waals surface area (Å²) < 4.78 is 7.06. The Kier molecular flexibility index (Phi) is 11.2. The summed E-state index contributed by atoms with van der Waals surface area (Å²) in [5.74, 6) is -1.92. The van der Waals surface area contributed by atoms with Crippen LogP contribution in [0.25, 0.3) is 0 Å². The molecule has 0 aliphatic carbocycles. The first-order valence-electron chi connectivity index (χ1n) is 15.2. The third-order valence-electron chi connectivity index (χ3n) is 7.66. The molecule has 3 heterocycles. The van der Waals surface area contributed by atoms with Crippen LogP contribution in [-0.2, 0) is 27.3 Å². The fourth-order valence-electron chi connectivity index (χ4n) is 5.21. The van der Waals surface area contributed by atoms with E-state index in [4.69, 9.17) is 4.42 Å². The van der Waals surface area contributed by atoms with Crippen molar-refractivity contribution in [3.63, 3.8) is 0 Å². The van der Waals surface area contributed by atoms with Crippen LogP contribution in [-0.4, -0.2) is 56.8 Å². The van der Waals surface area contributed by atoms with Gasteiger partial charge in [0, 0.05) is 37.3 Å². The molecule has 1 aliphatic rings. The maximum atomic E-state index is 13.7. The maximum absolute atomic E-state index is 13.7. The number of aromatic nitrogens is 3. The highest BCUT2D eigenvalue weighted by molar-refractivity contribution is 5.93. The Morgan fingerprint density at radius 1 is 1.04 bits per heavy atom. The van der Waals surface area contributed by atoms with E-state index in [-0.39, 0.29) is 36.9 Å². The molecular formula is C32H41N7O6. The number of amides is 4. The highest BCUT2D eigenvalue weighted by atomic mass is 16.3. The predicted octanol–water partition coefficient (Wildman–Crippen LogP) is 1.88. The van der Waals surface area contributed by atoms with Gasteiger partial charge >= 0.3 is 5.69 Å². The van der Waals surface area contributed by atoms with Crippen LogP contribution in [0, 0.1) is 19.8 Å². The third kappa shape index (κ3) is 9.10. The minimum atomic E-state index is -0.934. The van der Waals surface area contributed by atoms with Crippen LogP contribution in [0.1, 0.15) is 78.9 Å². The number of oxazole rings is 1. The number of hydrogen-bond acceptors (Lipinski definition) is 8. The summed E-state index contributed by atoms with van der Waals surface area (Å²) in [5.41, 5.74) is 1.84. The molecule has 0 spiro atoms. The molecule has 2 aromatic heterocycles. The van der Waals surface area contributed by atoms with Crippen molar-refractivity contribution in [3.8, 4) is 0 Å². The van der Waals surface area contributed by atoms with Crippen LogP contribution in [0.4, 0.5) is 0 Å². The Labute approximate surface area is 261 Å². The van der Waals surface area contributed by atoms with E-state index in [1.165, 1.54) is 10.8 Å². The van der Waals surface area contributed by atoms with Gasteiger partial charge in [0.2, 0.25) is 23.6 Å². The number of benzene rings is 1. The van der Waals surface area contributed by atoms with Gasteiger partial charge < -0.3 is 25.7 Å². The van der Waals surface area contributed by atoms with Crippen molar-refractivity contribution < 1.29 is 23.6 Å². The number of fused-ring (bicyclic) bond motifs is 2. The Morgan fingerprint density at radius 3 is 2.51 bits per heavy atom. The van der Waals surface area contributed by atoms with Crippen molar-refractivity contribution in [1.82, 2.24) is 35.8 Å². The smallest absolute Gasteiger partial charge is 0.347 e. The molecule has 13 heteroatoms. The summed E-state index contributed by atoms with van der Waals surface area (Å²) in [7, 11) is 0. The van der Waals surface area contributed by atoms with E-state index in [0.717, 1.165) is 5.56 Å². The van der Waals surface area contributed by atoms with Crippen LogP contribution >= 0.6 is 0 Å². The monoisotopic (exact) mass is 619 g/mol. The van der Waals surface area contributed by atoms with E-state index < -0.39 is 47.4 Å². The number of nitrogens with one attached hydrogen (secondary N) is 4. The topological polar surface area (TPSA) is 177 Å². The molecule has 0 fully saturated rings. The van der Waals surface area contributed by atoms with E-state index in [1.54, 1.807) is 19.9 Å². The predicted molar refractivity (Wildman–Crippen MR) is 165 cm³/mol. The van der Waals surface area contributed by atoms with Gasteiger partial charge in [-0.15, -0.1) is 0 Å². The zero-order valence-electron chi connectivity index (χ0n) is 26.1. The summed E-state index contributed by atoms with van der Waals surface area (Å²) in [4.78, 5) is 73.6.